The summed E-state index contributed by atoms with van der Waals surface area (Å²) in [6.07, 6.45) is 29.1. The molecule has 0 aliphatic carbocycles. The number of esters is 1. The fourth-order valence-corrected chi connectivity index (χ4v) is 7.67. The number of hydrogen-bond acceptors (Lipinski definition) is 2. The second-order valence-corrected chi connectivity index (χ2v) is 13.9. The van der Waals surface area contributed by atoms with Crippen LogP contribution in [0.15, 0.2) is 12.7 Å². The van der Waals surface area contributed by atoms with E-state index in [9.17, 15) is 4.79 Å². The van der Waals surface area contributed by atoms with Crippen molar-refractivity contribution >= 4 is 13.2 Å². The first-order valence-corrected chi connectivity index (χ1v) is 15.8. The number of unbranched alkanes of at least 4 members (excludes halogenated alkanes) is 15. The third-order valence-electron chi connectivity index (χ3n) is 6.80. The van der Waals surface area contributed by atoms with Crippen molar-refractivity contribution < 1.29 is 26.5 Å². The van der Waals surface area contributed by atoms with E-state index in [1.807, 2.05) is 0 Å². The number of rotatable bonds is 23. The van der Waals surface area contributed by atoms with Gasteiger partial charge in [0, 0.05) is 13.3 Å². The molecule has 0 aromatic rings. The van der Waals surface area contributed by atoms with Crippen LogP contribution in [-0.4, -0.2) is 37.2 Å². The Morgan fingerprint density at radius 2 is 1.06 bits per heavy atom. The van der Waals surface area contributed by atoms with Crippen LogP contribution in [0, 0.1) is 0 Å². The summed E-state index contributed by atoms with van der Waals surface area (Å²) in [5.41, 5.74) is 0. The summed E-state index contributed by atoms with van der Waals surface area (Å²) >= 11 is 0. The van der Waals surface area contributed by atoms with Crippen LogP contribution < -0.4 is 17.0 Å². The molecule has 0 rings (SSSR count). The number of halogens is 1. The molecule has 0 fully saturated rings. The number of hydrogen-bond donors (Lipinski definition) is 0. The molecule has 0 bridgehead atoms. The molecule has 0 aliphatic heterocycles. The van der Waals surface area contributed by atoms with E-state index in [0.29, 0.717) is 6.61 Å². The zero-order valence-electron chi connectivity index (χ0n) is 21.3. The van der Waals surface area contributed by atoms with Crippen LogP contribution in [0.2, 0.25) is 0 Å². The summed E-state index contributed by atoms with van der Waals surface area (Å²) in [6, 6.07) is 0. The van der Waals surface area contributed by atoms with Gasteiger partial charge in [0.2, 0.25) is 0 Å². The Bertz CT molecular complexity index is 397. The normalized spacial score (nSPS) is 11.2. The second kappa shape index (κ2) is 24.8. The van der Waals surface area contributed by atoms with E-state index in [4.69, 9.17) is 4.74 Å². The molecule has 0 aliphatic rings. The van der Waals surface area contributed by atoms with Crippen molar-refractivity contribution in [1.29, 1.82) is 0 Å². The maximum Gasteiger partial charge on any atom is 0.330 e. The Hall–Kier alpha value is 0.120. The summed E-state index contributed by atoms with van der Waals surface area (Å²) in [5.74, 6) is -0.275. The standard InChI is InChI=1S/C27H54O2P.BrH/c1-5-9-10-11-12-13-14-15-16-17-18-19-20-21-22-23-25-30(7-3,8-4)26-24-29-27(28)6-2;/h6H,2,5,7-26H2,1,3-4H3;1H/q+1;/p-1. The minimum Gasteiger partial charge on any atom is -1.00 e. The molecular formula is C27H54BrO2P. The summed E-state index contributed by atoms with van der Waals surface area (Å²) in [5, 5.41) is 0. The van der Waals surface area contributed by atoms with Crippen LogP contribution in [0.4, 0.5) is 0 Å². The predicted molar refractivity (Wildman–Crippen MR) is 138 cm³/mol. The predicted octanol–water partition coefficient (Wildman–Crippen LogP) is 6.04. The Kier molecular flexibility index (Phi) is 26.6. The lowest BCUT2D eigenvalue weighted by Crippen LogP contribution is -3.00. The highest BCUT2D eigenvalue weighted by atomic mass is 79.9. The summed E-state index contributed by atoms with van der Waals surface area (Å²) in [7, 11) is -0.924. The van der Waals surface area contributed by atoms with Gasteiger partial charge in [-0.25, -0.2) is 4.79 Å². The van der Waals surface area contributed by atoms with Crippen LogP contribution in [-0.2, 0) is 9.53 Å². The zero-order chi connectivity index (χ0) is 22.3. The largest absolute Gasteiger partial charge is 1.00 e. The maximum absolute atomic E-state index is 11.3. The lowest BCUT2D eigenvalue weighted by Gasteiger charge is -2.25. The molecule has 186 valence electrons. The lowest BCUT2D eigenvalue weighted by molar-refractivity contribution is -0.137. The van der Waals surface area contributed by atoms with Crippen LogP contribution in [0.3, 0.4) is 0 Å². The molecule has 0 saturated heterocycles. The second-order valence-electron chi connectivity index (χ2n) is 9.10. The van der Waals surface area contributed by atoms with Gasteiger partial charge in [-0.15, -0.1) is 0 Å². The monoisotopic (exact) mass is 520 g/mol. The minimum absolute atomic E-state index is 0. The average Bonchev–Trinajstić information content (AvgIpc) is 2.77. The Balaban J connectivity index is 0. The molecule has 0 N–H and O–H groups in total. The topological polar surface area (TPSA) is 26.3 Å². The quantitative estimate of drug-likeness (QED) is 0.0710. The molecule has 0 heterocycles. The average molecular weight is 522 g/mol. The number of ether oxygens (including phenoxy) is 1. The first-order chi connectivity index (χ1) is 14.6. The van der Waals surface area contributed by atoms with Gasteiger partial charge < -0.3 is 21.7 Å². The SMILES string of the molecule is C=CC(=O)OCC[P+](CC)(CC)CCCCCCCCCCCCCCCCCC.[Br-]. The van der Waals surface area contributed by atoms with E-state index in [1.165, 1.54) is 127 Å². The molecule has 2 nitrogen and oxygen atoms in total. The molecule has 0 unspecified atom stereocenters. The fraction of sp³-hybridized carbons (Fsp3) is 0.889. The third kappa shape index (κ3) is 20.5. The molecule has 0 spiro atoms. The number of carbonyl (C=O) groups is 1. The van der Waals surface area contributed by atoms with Crippen molar-refractivity contribution in [3.8, 4) is 0 Å². The molecule has 0 amide bonds. The molecular weight excluding hydrogens is 467 g/mol. The third-order valence-corrected chi connectivity index (χ3v) is 11.9. The summed E-state index contributed by atoms with van der Waals surface area (Å²) in [4.78, 5) is 11.3. The Morgan fingerprint density at radius 3 is 1.42 bits per heavy atom. The van der Waals surface area contributed by atoms with Crippen LogP contribution in [0.1, 0.15) is 124 Å². The van der Waals surface area contributed by atoms with E-state index in [-0.39, 0.29) is 23.0 Å². The summed E-state index contributed by atoms with van der Waals surface area (Å²) in [6.45, 7) is 11.0. The highest BCUT2D eigenvalue weighted by Gasteiger charge is 2.32. The van der Waals surface area contributed by atoms with Crippen LogP contribution in [0.25, 0.3) is 0 Å². The minimum atomic E-state index is -0.924. The van der Waals surface area contributed by atoms with Gasteiger partial charge in [0.25, 0.3) is 0 Å². The molecule has 4 heteroatoms. The van der Waals surface area contributed by atoms with Crippen LogP contribution in [0.5, 0.6) is 0 Å². The molecule has 0 aromatic carbocycles. The van der Waals surface area contributed by atoms with Gasteiger partial charge in [-0.05, 0) is 26.7 Å². The Morgan fingerprint density at radius 1 is 0.677 bits per heavy atom. The zero-order valence-corrected chi connectivity index (χ0v) is 23.8. The van der Waals surface area contributed by atoms with Crippen molar-refractivity contribution in [2.24, 2.45) is 0 Å². The van der Waals surface area contributed by atoms with Crippen molar-refractivity contribution in [3.63, 3.8) is 0 Å². The van der Waals surface area contributed by atoms with Gasteiger partial charge in [0.15, 0.2) is 0 Å². The molecule has 0 saturated carbocycles. The maximum atomic E-state index is 11.3. The molecule has 0 radical (unpaired) electrons. The molecule has 31 heavy (non-hydrogen) atoms. The van der Waals surface area contributed by atoms with Gasteiger partial charge >= 0.3 is 5.97 Å². The summed E-state index contributed by atoms with van der Waals surface area (Å²) < 4.78 is 5.25. The van der Waals surface area contributed by atoms with Gasteiger partial charge in [-0.2, -0.15) is 0 Å². The fourth-order valence-electron chi connectivity index (χ4n) is 4.36. The van der Waals surface area contributed by atoms with Crippen LogP contribution >= 0.6 is 7.26 Å². The van der Waals surface area contributed by atoms with Crippen molar-refractivity contribution in [2.75, 3.05) is 31.3 Å². The van der Waals surface area contributed by atoms with Gasteiger partial charge in [0.05, 0.1) is 24.6 Å². The molecule has 0 aromatic heterocycles. The first-order valence-electron chi connectivity index (χ1n) is 13.3. The van der Waals surface area contributed by atoms with E-state index in [1.54, 1.807) is 0 Å². The van der Waals surface area contributed by atoms with Gasteiger partial charge in [-0.1, -0.05) is 103 Å². The van der Waals surface area contributed by atoms with E-state index in [0.717, 1.165) is 6.16 Å². The number of carbonyl (C=O) groups excluding carboxylic acids is 1. The first kappa shape index (κ1) is 33.3. The van der Waals surface area contributed by atoms with Crippen molar-refractivity contribution in [1.82, 2.24) is 0 Å². The van der Waals surface area contributed by atoms with Crippen molar-refractivity contribution in [2.45, 2.75) is 124 Å². The molecule has 0 atom stereocenters. The highest BCUT2D eigenvalue weighted by Crippen LogP contribution is 2.58. The van der Waals surface area contributed by atoms with E-state index < -0.39 is 7.26 Å². The van der Waals surface area contributed by atoms with E-state index in [2.05, 4.69) is 27.4 Å². The van der Waals surface area contributed by atoms with E-state index >= 15 is 0 Å². The van der Waals surface area contributed by atoms with Gasteiger partial charge in [0.1, 0.15) is 6.61 Å². The Labute approximate surface area is 206 Å². The van der Waals surface area contributed by atoms with Crippen molar-refractivity contribution in [3.05, 3.63) is 12.7 Å². The lowest BCUT2D eigenvalue weighted by atomic mass is 10.0. The smallest absolute Gasteiger partial charge is 0.330 e. The van der Waals surface area contributed by atoms with Gasteiger partial charge in [-0.3, -0.25) is 0 Å². The highest BCUT2D eigenvalue weighted by molar-refractivity contribution is 7.75.